The van der Waals surface area contributed by atoms with Crippen LogP contribution in [0.4, 0.5) is 5.69 Å². The highest BCUT2D eigenvalue weighted by Gasteiger charge is 2.43. The van der Waals surface area contributed by atoms with E-state index < -0.39 is 16.8 Å². The molecule has 0 unspecified atom stereocenters. The quantitative estimate of drug-likeness (QED) is 0.306. The molecule has 188 valence electrons. The van der Waals surface area contributed by atoms with Crippen LogP contribution >= 0.6 is 11.6 Å². The largest absolute Gasteiger partial charge is 0.497 e. The van der Waals surface area contributed by atoms with Crippen LogP contribution in [0, 0.1) is 15.5 Å². The molecule has 1 N–H and O–H groups in total. The second-order valence-electron chi connectivity index (χ2n) is 9.82. The van der Waals surface area contributed by atoms with E-state index in [0.29, 0.717) is 35.4 Å². The summed E-state index contributed by atoms with van der Waals surface area (Å²) < 4.78 is 10.8. The topological polar surface area (TPSA) is 108 Å². The molecule has 0 spiro atoms. The predicted molar refractivity (Wildman–Crippen MR) is 135 cm³/mol. The Kier molecular flexibility index (Phi) is 6.91. The molecule has 9 heteroatoms. The van der Waals surface area contributed by atoms with E-state index in [1.54, 1.807) is 44.4 Å². The molecule has 0 radical (unpaired) electrons. The number of Topliss-reactive ketones (excluding diaryl/α,β-unsaturated/α-hetero) is 1. The van der Waals surface area contributed by atoms with Crippen molar-refractivity contribution in [2.75, 3.05) is 7.11 Å². The molecule has 0 saturated carbocycles. The van der Waals surface area contributed by atoms with E-state index in [-0.39, 0.29) is 34.1 Å². The molecule has 0 fully saturated rings. The van der Waals surface area contributed by atoms with E-state index in [2.05, 4.69) is 5.32 Å². The van der Waals surface area contributed by atoms with E-state index in [1.807, 2.05) is 13.8 Å². The molecular formula is C27H27ClN2O6. The Hall–Kier alpha value is -3.65. The zero-order valence-electron chi connectivity index (χ0n) is 20.5. The lowest BCUT2D eigenvalue weighted by molar-refractivity contribution is -0.384. The van der Waals surface area contributed by atoms with Gasteiger partial charge in [0.25, 0.3) is 5.69 Å². The number of dihydropyridines is 1. The van der Waals surface area contributed by atoms with Gasteiger partial charge in [-0.1, -0.05) is 43.6 Å². The number of ether oxygens (including phenoxy) is 2. The first kappa shape index (κ1) is 25.4. The Morgan fingerprint density at radius 3 is 2.53 bits per heavy atom. The molecule has 36 heavy (non-hydrogen) atoms. The van der Waals surface area contributed by atoms with Crippen molar-refractivity contribution in [3.63, 3.8) is 0 Å². The second-order valence-corrected chi connectivity index (χ2v) is 10.2. The summed E-state index contributed by atoms with van der Waals surface area (Å²) in [6, 6.07) is 11.5. The Labute approximate surface area is 214 Å². The highest BCUT2D eigenvalue weighted by molar-refractivity contribution is 6.32. The minimum absolute atomic E-state index is 0.0139. The third-order valence-electron chi connectivity index (χ3n) is 6.49. The Morgan fingerprint density at radius 1 is 1.19 bits per heavy atom. The Morgan fingerprint density at radius 2 is 1.89 bits per heavy atom. The van der Waals surface area contributed by atoms with Crippen molar-refractivity contribution in [2.45, 2.75) is 46.1 Å². The number of ketones is 1. The van der Waals surface area contributed by atoms with Gasteiger partial charge < -0.3 is 14.8 Å². The van der Waals surface area contributed by atoms with Crippen molar-refractivity contribution >= 4 is 29.0 Å². The molecule has 1 aliphatic carbocycles. The number of rotatable bonds is 6. The normalized spacial score (nSPS) is 18.9. The molecular weight excluding hydrogens is 484 g/mol. The summed E-state index contributed by atoms with van der Waals surface area (Å²) in [5, 5.41) is 14.8. The van der Waals surface area contributed by atoms with E-state index in [1.165, 1.54) is 12.1 Å². The molecule has 2 aromatic carbocycles. The lowest BCUT2D eigenvalue weighted by Gasteiger charge is -2.39. The average Bonchev–Trinajstić information content (AvgIpc) is 2.81. The minimum atomic E-state index is -0.816. The van der Waals surface area contributed by atoms with Crippen molar-refractivity contribution in [3.8, 4) is 5.75 Å². The number of nitrogens with one attached hydrogen (secondary N) is 1. The van der Waals surface area contributed by atoms with E-state index >= 15 is 0 Å². The van der Waals surface area contributed by atoms with Gasteiger partial charge >= 0.3 is 5.97 Å². The molecule has 0 saturated heterocycles. The van der Waals surface area contributed by atoms with Crippen LogP contribution in [0.3, 0.4) is 0 Å². The summed E-state index contributed by atoms with van der Waals surface area (Å²) in [7, 11) is 1.57. The summed E-state index contributed by atoms with van der Waals surface area (Å²) >= 11 is 6.05. The maximum atomic E-state index is 13.4. The van der Waals surface area contributed by atoms with Crippen LogP contribution in [-0.2, 0) is 20.9 Å². The number of allylic oxidation sites excluding steroid dienone is 3. The Balaban J connectivity index is 1.75. The lowest BCUT2D eigenvalue weighted by atomic mass is 9.68. The number of nitro groups is 1. The molecule has 1 heterocycles. The zero-order chi connectivity index (χ0) is 26.2. The first-order valence-electron chi connectivity index (χ1n) is 11.5. The first-order valence-corrected chi connectivity index (χ1v) is 11.9. The van der Waals surface area contributed by atoms with Crippen molar-refractivity contribution < 1.29 is 24.0 Å². The summed E-state index contributed by atoms with van der Waals surface area (Å²) in [5.74, 6) is -0.848. The van der Waals surface area contributed by atoms with Gasteiger partial charge in [-0.3, -0.25) is 14.9 Å². The first-order chi connectivity index (χ1) is 17.0. The summed E-state index contributed by atoms with van der Waals surface area (Å²) in [6.45, 7) is 5.78. The number of hydrogen-bond donors (Lipinski definition) is 1. The molecule has 8 nitrogen and oxygen atoms in total. The minimum Gasteiger partial charge on any atom is -0.497 e. The van der Waals surface area contributed by atoms with E-state index in [0.717, 1.165) is 11.3 Å². The zero-order valence-corrected chi connectivity index (χ0v) is 21.3. The van der Waals surface area contributed by atoms with E-state index in [9.17, 15) is 19.7 Å². The van der Waals surface area contributed by atoms with Gasteiger partial charge in [0.2, 0.25) is 0 Å². The van der Waals surface area contributed by atoms with Crippen molar-refractivity contribution in [2.24, 2.45) is 5.41 Å². The highest BCUT2D eigenvalue weighted by Crippen LogP contribution is 2.47. The fourth-order valence-corrected chi connectivity index (χ4v) is 5.02. The number of carbonyl (C=O) groups is 2. The van der Waals surface area contributed by atoms with Gasteiger partial charge in [-0.2, -0.15) is 0 Å². The molecule has 1 atom stereocenters. The van der Waals surface area contributed by atoms with Crippen LogP contribution in [0.5, 0.6) is 5.75 Å². The molecule has 1 aliphatic heterocycles. The smallest absolute Gasteiger partial charge is 0.337 e. The summed E-state index contributed by atoms with van der Waals surface area (Å²) in [4.78, 5) is 37.8. The van der Waals surface area contributed by atoms with Gasteiger partial charge in [0, 0.05) is 35.4 Å². The van der Waals surface area contributed by atoms with Gasteiger partial charge in [0.1, 0.15) is 17.4 Å². The van der Waals surface area contributed by atoms with Crippen LogP contribution in [0.25, 0.3) is 0 Å². The number of methoxy groups -OCH3 is 1. The van der Waals surface area contributed by atoms with Crippen LogP contribution in [0.15, 0.2) is 65.0 Å². The standard InChI is InChI=1S/C27H27ClN2O6/c1-15-23(26(32)36-14-16-5-8-18(35-4)9-6-16)24(17-7-10-19(28)21(11-17)30(33)34)25-20(29-15)12-27(2,3)13-22(25)31/h5-11,24,29H,12-14H2,1-4H3/t24-/m0/s1. The van der Waals surface area contributed by atoms with Crippen molar-refractivity contribution in [1.29, 1.82) is 0 Å². The maximum Gasteiger partial charge on any atom is 0.337 e. The number of halogens is 1. The second kappa shape index (κ2) is 9.78. The maximum absolute atomic E-state index is 13.4. The molecule has 0 amide bonds. The summed E-state index contributed by atoms with van der Waals surface area (Å²) in [6.07, 6.45) is 0.901. The fourth-order valence-electron chi connectivity index (χ4n) is 4.84. The van der Waals surface area contributed by atoms with Crippen LogP contribution < -0.4 is 10.1 Å². The van der Waals surface area contributed by atoms with Crippen LogP contribution in [0.2, 0.25) is 5.02 Å². The summed E-state index contributed by atoms with van der Waals surface area (Å²) in [5.41, 5.74) is 2.60. The number of nitrogens with zero attached hydrogens (tertiary/aromatic N) is 1. The third-order valence-corrected chi connectivity index (χ3v) is 6.81. The van der Waals surface area contributed by atoms with Gasteiger partial charge in [0.15, 0.2) is 5.78 Å². The SMILES string of the molecule is COc1ccc(COC(=O)C2=C(C)NC3=C(C(=O)CC(C)(C)C3)[C@H]2c2ccc(Cl)c([N+](=O)[O-])c2)cc1. The highest BCUT2D eigenvalue weighted by atomic mass is 35.5. The average molecular weight is 511 g/mol. The fraction of sp³-hybridized carbons (Fsp3) is 0.333. The lowest BCUT2D eigenvalue weighted by Crippen LogP contribution is -2.38. The van der Waals surface area contributed by atoms with Gasteiger partial charge in [-0.05, 0) is 48.1 Å². The molecule has 4 rings (SSSR count). The van der Waals surface area contributed by atoms with Crippen molar-refractivity contribution in [1.82, 2.24) is 5.32 Å². The molecule has 0 bridgehead atoms. The van der Waals surface area contributed by atoms with Crippen LogP contribution in [0.1, 0.15) is 50.7 Å². The monoisotopic (exact) mass is 510 g/mol. The van der Waals surface area contributed by atoms with E-state index in [4.69, 9.17) is 21.1 Å². The molecule has 2 aliphatic rings. The number of esters is 1. The van der Waals surface area contributed by atoms with Gasteiger partial charge in [0.05, 0.1) is 17.6 Å². The van der Waals surface area contributed by atoms with Crippen LogP contribution in [-0.4, -0.2) is 23.8 Å². The number of carbonyl (C=O) groups excluding carboxylic acids is 2. The molecule has 0 aromatic heterocycles. The predicted octanol–water partition coefficient (Wildman–Crippen LogP) is 5.60. The number of hydrogen-bond acceptors (Lipinski definition) is 7. The number of benzene rings is 2. The Bertz CT molecular complexity index is 1310. The van der Waals surface area contributed by atoms with Gasteiger partial charge in [-0.25, -0.2) is 4.79 Å². The van der Waals surface area contributed by atoms with Crippen molar-refractivity contribution in [3.05, 3.63) is 91.3 Å². The number of nitro benzene ring substituents is 1. The molecule has 2 aromatic rings. The third kappa shape index (κ3) is 4.99. The van der Waals surface area contributed by atoms with Gasteiger partial charge in [-0.15, -0.1) is 0 Å².